The number of benzene rings is 1. The molecule has 1 aromatic carbocycles. The lowest BCUT2D eigenvalue weighted by Gasteiger charge is -2.45. The Morgan fingerprint density at radius 2 is 1.79 bits per heavy atom. The molecule has 0 radical (unpaired) electrons. The lowest BCUT2D eigenvalue weighted by atomic mass is 10.1. The van der Waals surface area contributed by atoms with E-state index in [0.29, 0.717) is 11.3 Å². The average molecular weight is 464 g/mol. The zero-order valence-corrected chi connectivity index (χ0v) is 20.7. The largest absolute Gasteiger partial charge is 0.362 e. The van der Waals surface area contributed by atoms with Crippen LogP contribution in [0.1, 0.15) is 19.4 Å². The minimum absolute atomic E-state index is 0.0821. The van der Waals surface area contributed by atoms with Crippen LogP contribution in [0.2, 0.25) is 0 Å². The fourth-order valence-electron chi connectivity index (χ4n) is 4.53. The summed E-state index contributed by atoms with van der Waals surface area (Å²) >= 11 is 0. The molecule has 1 aliphatic heterocycles. The number of hydrogen-bond acceptors (Lipinski definition) is 5. The van der Waals surface area contributed by atoms with Gasteiger partial charge in [0.1, 0.15) is 7.14 Å². The monoisotopic (exact) mass is 463 g/mol. The number of fused-ring (bicyclic) bond motifs is 1. The third kappa shape index (κ3) is 4.59. The Morgan fingerprint density at radius 1 is 1.09 bits per heavy atom. The molecule has 0 bridgehead atoms. The van der Waals surface area contributed by atoms with Crippen LogP contribution >= 0.6 is 7.14 Å². The number of piperazine rings is 1. The molecule has 1 fully saturated rings. The van der Waals surface area contributed by atoms with Crippen molar-refractivity contribution in [1.29, 1.82) is 0 Å². The van der Waals surface area contributed by atoms with Crippen LogP contribution in [0.5, 0.6) is 0 Å². The molecule has 1 aliphatic rings. The Balaban J connectivity index is 1.61. The Kier molecular flexibility index (Phi) is 6.18. The number of pyridine rings is 2. The van der Waals surface area contributed by atoms with Crippen molar-refractivity contribution in [2.24, 2.45) is 7.05 Å². The fraction of sp³-hybridized carbons (Fsp3) is 0.400. The molecular weight excluding hydrogens is 433 g/mol. The van der Waals surface area contributed by atoms with Gasteiger partial charge in [-0.25, -0.2) is 0 Å². The van der Waals surface area contributed by atoms with Gasteiger partial charge in [-0.15, -0.1) is 4.98 Å². The Bertz CT molecular complexity index is 1340. The lowest BCUT2D eigenvalue weighted by Crippen LogP contribution is -2.56. The maximum absolute atomic E-state index is 12.7. The van der Waals surface area contributed by atoms with E-state index in [-0.39, 0.29) is 17.6 Å². The molecule has 0 aliphatic carbocycles. The van der Waals surface area contributed by atoms with Gasteiger partial charge in [-0.3, -0.25) is 9.69 Å². The van der Waals surface area contributed by atoms with E-state index in [1.807, 2.05) is 12.1 Å². The van der Waals surface area contributed by atoms with E-state index in [9.17, 15) is 9.36 Å². The summed E-state index contributed by atoms with van der Waals surface area (Å²) in [6.45, 7) is 17.7. The van der Waals surface area contributed by atoms with Gasteiger partial charge in [0, 0.05) is 50.1 Å². The summed E-state index contributed by atoms with van der Waals surface area (Å²) in [5.74, 6) is 0.328. The van der Waals surface area contributed by atoms with Crippen LogP contribution in [0.4, 0.5) is 11.5 Å². The smallest absolute Gasteiger partial charge is 0.270 e. The second kappa shape index (κ2) is 8.78. The molecule has 0 amide bonds. The van der Waals surface area contributed by atoms with Gasteiger partial charge in [-0.05, 0) is 44.9 Å². The first kappa shape index (κ1) is 23.2. The molecule has 3 heterocycles. The quantitative estimate of drug-likeness (QED) is 0.435. The van der Waals surface area contributed by atoms with E-state index in [4.69, 9.17) is 6.57 Å². The third-order valence-corrected chi connectivity index (χ3v) is 8.08. The van der Waals surface area contributed by atoms with Crippen LogP contribution in [0.25, 0.3) is 15.9 Å². The number of nitrogens with zero attached hydrogens (tertiary/aromatic N) is 5. The van der Waals surface area contributed by atoms with Crippen molar-refractivity contribution in [2.75, 3.05) is 31.3 Å². The van der Waals surface area contributed by atoms with E-state index in [1.165, 1.54) is 5.56 Å². The van der Waals surface area contributed by atoms with Crippen molar-refractivity contribution in [3.05, 3.63) is 69.8 Å². The number of anilines is 1. The van der Waals surface area contributed by atoms with Gasteiger partial charge >= 0.3 is 0 Å². The summed E-state index contributed by atoms with van der Waals surface area (Å²) in [6, 6.07) is 13.6. The maximum atomic E-state index is 12.7. The van der Waals surface area contributed by atoms with Crippen LogP contribution in [-0.4, -0.2) is 53.0 Å². The van der Waals surface area contributed by atoms with Crippen molar-refractivity contribution >= 4 is 35.0 Å². The minimum atomic E-state index is -2.25. The summed E-state index contributed by atoms with van der Waals surface area (Å²) in [5.41, 5.74) is 3.33. The Hall–Kier alpha value is -2.94. The Morgan fingerprint density at radius 3 is 2.42 bits per heavy atom. The molecular formula is C25H30N5O2P. The predicted molar refractivity (Wildman–Crippen MR) is 135 cm³/mol. The average Bonchev–Trinajstić information content (AvgIpc) is 2.78. The zero-order valence-electron chi connectivity index (χ0n) is 19.8. The topological polar surface area (TPSA) is 62.8 Å². The molecule has 0 N–H and O–H groups in total. The summed E-state index contributed by atoms with van der Waals surface area (Å²) in [4.78, 5) is 25.4. The molecule has 8 heteroatoms. The van der Waals surface area contributed by atoms with Crippen molar-refractivity contribution < 1.29 is 4.57 Å². The molecule has 172 valence electrons. The second-order valence-electron chi connectivity index (χ2n) is 9.37. The number of rotatable bonds is 4. The van der Waals surface area contributed by atoms with Crippen molar-refractivity contribution in [3.63, 3.8) is 0 Å². The summed E-state index contributed by atoms with van der Waals surface area (Å²) in [5, 5.41) is 0.904. The van der Waals surface area contributed by atoms with Crippen LogP contribution in [-0.2, 0) is 18.2 Å². The van der Waals surface area contributed by atoms with Gasteiger partial charge in [0.25, 0.3) is 11.4 Å². The number of aromatic nitrogens is 2. The SMILES string of the molecule is [C-]#[N+]c1ccc2c(n1)c(N1C[C@@H](C)N(Cc3ccc(P(C)(C)=O)cc3)C[C@@H]1C)cc(=O)n2C. The van der Waals surface area contributed by atoms with Gasteiger partial charge in [0.15, 0.2) is 0 Å². The molecule has 0 spiro atoms. The highest BCUT2D eigenvalue weighted by Crippen LogP contribution is 2.34. The van der Waals surface area contributed by atoms with E-state index < -0.39 is 7.14 Å². The second-order valence-corrected chi connectivity index (χ2v) is 12.6. The van der Waals surface area contributed by atoms with Crippen molar-refractivity contribution in [2.45, 2.75) is 32.5 Å². The zero-order chi connectivity index (χ0) is 23.9. The van der Waals surface area contributed by atoms with E-state index >= 15 is 0 Å². The molecule has 7 nitrogen and oxygen atoms in total. The van der Waals surface area contributed by atoms with E-state index in [1.54, 1.807) is 43.1 Å². The highest BCUT2D eigenvalue weighted by molar-refractivity contribution is 7.70. The Labute approximate surface area is 194 Å². The lowest BCUT2D eigenvalue weighted by molar-refractivity contribution is 0.158. The molecule has 2 atom stereocenters. The predicted octanol–water partition coefficient (Wildman–Crippen LogP) is 3.83. The standard InChI is InChI=1S/C25H30N5O2P/c1-17-15-30(22-13-24(31)28(4)21-11-12-23(26-3)27-25(21)22)18(2)14-29(17)16-19-7-9-20(10-8-19)33(5,6)32/h7-13,17-18H,14-16H2,1-2,4-6H3/t17-,18+/m1/s1. The van der Waals surface area contributed by atoms with Gasteiger partial charge < -0.3 is 18.9 Å². The molecule has 4 rings (SSSR count). The molecule has 3 aromatic rings. The number of hydrogen-bond donors (Lipinski definition) is 0. The molecule has 0 unspecified atom stereocenters. The van der Waals surface area contributed by atoms with Crippen LogP contribution in [0, 0.1) is 6.57 Å². The van der Waals surface area contributed by atoms with Gasteiger partial charge in [0.05, 0.1) is 11.2 Å². The fourth-order valence-corrected chi connectivity index (χ4v) is 5.40. The van der Waals surface area contributed by atoms with Crippen LogP contribution in [0.3, 0.4) is 0 Å². The molecule has 33 heavy (non-hydrogen) atoms. The molecule has 2 aromatic heterocycles. The highest BCUT2D eigenvalue weighted by Gasteiger charge is 2.31. The van der Waals surface area contributed by atoms with Gasteiger partial charge in [-0.2, -0.15) is 0 Å². The normalized spacial score (nSPS) is 19.6. The van der Waals surface area contributed by atoms with Gasteiger partial charge in [0.2, 0.25) is 5.52 Å². The first-order valence-corrected chi connectivity index (χ1v) is 13.7. The third-order valence-electron chi connectivity index (χ3n) is 6.54. The minimum Gasteiger partial charge on any atom is -0.362 e. The molecule has 0 saturated carbocycles. The first-order chi connectivity index (χ1) is 15.6. The summed E-state index contributed by atoms with van der Waals surface area (Å²) in [6.07, 6.45) is 0. The summed E-state index contributed by atoms with van der Waals surface area (Å²) < 4.78 is 13.9. The van der Waals surface area contributed by atoms with Crippen molar-refractivity contribution in [1.82, 2.24) is 14.5 Å². The highest BCUT2D eigenvalue weighted by atomic mass is 31.2. The van der Waals surface area contributed by atoms with Crippen LogP contribution in [0.15, 0.2) is 47.3 Å². The van der Waals surface area contributed by atoms with Crippen LogP contribution < -0.4 is 15.8 Å². The summed E-state index contributed by atoms with van der Waals surface area (Å²) in [7, 11) is -0.516. The number of aryl methyl sites for hydroxylation is 1. The molecule has 1 saturated heterocycles. The van der Waals surface area contributed by atoms with E-state index in [0.717, 1.165) is 36.1 Å². The van der Waals surface area contributed by atoms with Gasteiger partial charge in [-0.1, -0.05) is 30.8 Å². The maximum Gasteiger partial charge on any atom is 0.270 e. The first-order valence-electron chi connectivity index (χ1n) is 11.1. The van der Waals surface area contributed by atoms with E-state index in [2.05, 4.69) is 45.6 Å². The van der Waals surface area contributed by atoms with Crippen molar-refractivity contribution in [3.8, 4) is 0 Å².